The largest absolute Gasteiger partial charge is 0.418 e. The number of nitrogens with one attached hydrogen (secondary N) is 1. The van der Waals surface area contributed by atoms with Crippen molar-refractivity contribution in [2.45, 2.75) is 19.1 Å². The second kappa shape index (κ2) is 7.89. The van der Waals surface area contributed by atoms with E-state index in [4.69, 9.17) is 11.6 Å². The van der Waals surface area contributed by atoms with E-state index in [2.05, 4.69) is 5.32 Å². The Morgan fingerprint density at radius 3 is 2.36 bits per heavy atom. The Labute approximate surface area is 149 Å². The van der Waals surface area contributed by atoms with E-state index in [9.17, 15) is 18.0 Å². The van der Waals surface area contributed by atoms with Crippen LogP contribution in [0.5, 0.6) is 0 Å². The van der Waals surface area contributed by atoms with Crippen LogP contribution in [0.3, 0.4) is 0 Å². The normalized spacial score (nSPS) is 12.9. The number of hydrogen-bond acceptors (Lipinski definition) is 2. The monoisotopic (exact) mass is 370 g/mol. The highest BCUT2D eigenvalue weighted by Crippen LogP contribution is 2.34. The zero-order valence-electron chi connectivity index (χ0n) is 13.8. The van der Waals surface area contributed by atoms with E-state index in [1.54, 1.807) is 24.1 Å². The molecule has 0 aliphatic rings. The Balaban J connectivity index is 2.04. The fraction of sp³-hybridized carbons (Fsp3) is 0.278. The predicted octanol–water partition coefficient (Wildman–Crippen LogP) is 4.99. The van der Waals surface area contributed by atoms with Crippen molar-refractivity contribution in [2.24, 2.45) is 0 Å². The lowest BCUT2D eigenvalue weighted by Crippen LogP contribution is -2.32. The van der Waals surface area contributed by atoms with Crippen molar-refractivity contribution in [1.82, 2.24) is 4.90 Å². The third-order valence-electron chi connectivity index (χ3n) is 3.91. The van der Waals surface area contributed by atoms with Crippen LogP contribution in [0.2, 0.25) is 5.02 Å². The van der Waals surface area contributed by atoms with Crippen LogP contribution in [0.4, 0.5) is 18.9 Å². The van der Waals surface area contributed by atoms with Gasteiger partial charge < -0.3 is 5.32 Å². The molecule has 0 aliphatic heterocycles. The van der Waals surface area contributed by atoms with Crippen molar-refractivity contribution in [1.29, 1.82) is 0 Å². The van der Waals surface area contributed by atoms with E-state index in [-0.39, 0.29) is 18.3 Å². The fourth-order valence-corrected chi connectivity index (χ4v) is 2.51. The second-order valence-corrected chi connectivity index (χ2v) is 6.17. The summed E-state index contributed by atoms with van der Waals surface area (Å²) in [5.74, 6) is -0.514. The van der Waals surface area contributed by atoms with Crippen LogP contribution in [-0.2, 0) is 11.0 Å². The Kier molecular flexibility index (Phi) is 6.08. The molecular weight excluding hydrogens is 353 g/mol. The molecule has 0 aromatic heterocycles. The minimum Gasteiger partial charge on any atom is -0.324 e. The summed E-state index contributed by atoms with van der Waals surface area (Å²) in [7, 11) is 1.73. The topological polar surface area (TPSA) is 32.3 Å². The summed E-state index contributed by atoms with van der Waals surface area (Å²) in [5.41, 5.74) is -0.153. The summed E-state index contributed by atoms with van der Waals surface area (Å²) in [6.45, 7) is 1.86. The summed E-state index contributed by atoms with van der Waals surface area (Å²) in [5, 5.41) is 2.95. The molecule has 1 atom stereocenters. The van der Waals surface area contributed by atoms with Crippen LogP contribution in [0.1, 0.15) is 24.1 Å². The average molecular weight is 371 g/mol. The second-order valence-electron chi connectivity index (χ2n) is 5.73. The van der Waals surface area contributed by atoms with Gasteiger partial charge in [-0.3, -0.25) is 9.69 Å². The summed E-state index contributed by atoms with van der Waals surface area (Å²) >= 11 is 5.85. The van der Waals surface area contributed by atoms with E-state index in [0.717, 1.165) is 11.6 Å². The number of likely N-dealkylation sites (N-methyl/N-ethyl adjacent to an activating group) is 1. The number of amides is 1. The van der Waals surface area contributed by atoms with Crippen molar-refractivity contribution >= 4 is 23.2 Å². The molecule has 0 saturated heterocycles. The Morgan fingerprint density at radius 1 is 1.16 bits per heavy atom. The van der Waals surface area contributed by atoms with E-state index >= 15 is 0 Å². The van der Waals surface area contributed by atoms with Crippen molar-refractivity contribution in [3.05, 3.63) is 64.7 Å². The molecule has 0 aliphatic carbocycles. The third-order valence-corrected chi connectivity index (χ3v) is 4.17. The van der Waals surface area contributed by atoms with Gasteiger partial charge >= 0.3 is 6.18 Å². The molecular formula is C18H18ClF3N2O. The summed E-state index contributed by atoms with van der Waals surface area (Å²) in [6.07, 6.45) is -4.52. The van der Waals surface area contributed by atoms with E-state index in [1.165, 1.54) is 18.2 Å². The molecule has 134 valence electrons. The molecule has 0 radical (unpaired) electrons. The summed E-state index contributed by atoms with van der Waals surface area (Å²) in [4.78, 5) is 13.9. The number of hydrogen-bond donors (Lipinski definition) is 1. The van der Waals surface area contributed by atoms with Crippen LogP contribution in [0.25, 0.3) is 0 Å². The molecule has 1 unspecified atom stereocenters. The molecule has 0 saturated carbocycles. The maximum Gasteiger partial charge on any atom is 0.418 e. The smallest absolute Gasteiger partial charge is 0.324 e. The number of carbonyl (C=O) groups is 1. The standard InChI is InChI=1S/C18H18ClF3N2O/c1-12(13-7-9-14(19)10-8-13)24(2)11-17(25)23-16-6-4-3-5-15(16)18(20,21)22/h3-10,12H,11H2,1-2H3,(H,23,25). The number of para-hydroxylation sites is 1. The lowest BCUT2D eigenvalue weighted by atomic mass is 10.1. The van der Waals surface area contributed by atoms with Gasteiger partial charge in [-0.2, -0.15) is 13.2 Å². The quantitative estimate of drug-likeness (QED) is 0.804. The Morgan fingerprint density at radius 2 is 1.76 bits per heavy atom. The Bertz CT molecular complexity index is 732. The lowest BCUT2D eigenvalue weighted by Gasteiger charge is -2.25. The number of halogens is 4. The van der Waals surface area contributed by atoms with Crippen molar-refractivity contribution in [2.75, 3.05) is 18.9 Å². The first kappa shape index (κ1) is 19.3. The lowest BCUT2D eigenvalue weighted by molar-refractivity contribution is -0.137. The average Bonchev–Trinajstić information content (AvgIpc) is 2.54. The first-order chi connectivity index (χ1) is 11.7. The molecule has 1 N–H and O–H groups in total. The zero-order valence-corrected chi connectivity index (χ0v) is 14.5. The Hall–Kier alpha value is -2.05. The number of carbonyl (C=O) groups excluding carboxylic acids is 1. The van der Waals surface area contributed by atoms with Crippen LogP contribution in [0, 0.1) is 0 Å². The maximum absolute atomic E-state index is 13.0. The number of nitrogens with zero attached hydrogens (tertiary/aromatic N) is 1. The van der Waals surface area contributed by atoms with Gasteiger partial charge in [-0.1, -0.05) is 35.9 Å². The molecule has 25 heavy (non-hydrogen) atoms. The van der Waals surface area contributed by atoms with Crippen molar-refractivity contribution < 1.29 is 18.0 Å². The molecule has 7 heteroatoms. The molecule has 2 rings (SSSR count). The minimum absolute atomic E-state index is 0.0457. The predicted molar refractivity (Wildman–Crippen MR) is 92.6 cm³/mol. The summed E-state index contributed by atoms with van der Waals surface area (Å²) in [6, 6.07) is 12.0. The van der Waals surface area contributed by atoms with Gasteiger partial charge in [0.2, 0.25) is 5.91 Å². The third kappa shape index (κ3) is 5.21. The van der Waals surface area contributed by atoms with Crippen molar-refractivity contribution in [3.8, 4) is 0 Å². The van der Waals surface area contributed by atoms with Crippen LogP contribution < -0.4 is 5.32 Å². The van der Waals surface area contributed by atoms with Gasteiger partial charge in [0, 0.05) is 11.1 Å². The molecule has 0 heterocycles. The first-order valence-corrected chi connectivity index (χ1v) is 7.98. The van der Waals surface area contributed by atoms with Crippen LogP contribution in [-0.4, -0.2) is 24.4 Å². The maximum atomic E-state index is 13.0. The molecule has 1 amide bonds. The summed E-state index contributed by atoms with van der Waals surface area (Å²) < 4.78 is 38.9. The number of anilines is 1. The van der Waals surface area contributed by atoms with E-state index < -0.39 is 17.6 Å². The number of benzene rings is 2. The van der Waals surface area contributed by atoms with Gasteiger partial charge in [0.25, 0.3) is 0 Å². The first-order valence-electron chi connectivity index (χ1n) is 7.60. The van der Waals surface area contributed by atoms with E-state index in [1.807, 2.05) is 19.1 Å². The fourth-order valence-electron chi connectivity index (χ4n) is 2.39. The van der Waals surface area contributed by atoms with Gasteiger partial charge in [0.15, 0.2) is 0 Å². The SMILES string of the molecule is CC(c1ccc(Cl)cc1)N(C)CC(=O)Nc1ccccc1C(F)(F)F. The van der Waals surface area contributed by atoms with Gasteiger partial charge in [-0.25, -0.2) is 0 Å². The highest BCUT2D eigenvalue weighted by atomic mass is 35.5. The van der Waals surface area contributed by atoms with Crippen LogP contribution in [0.15, 0.2) is 48.5 Å². The number of alkyl halides is 3. The number of rotatable bonds is 5. The van der Waals surface area contributed by atoms with Gasteiger partial charge in [0.05, 0.1) is 17.8 Å². The molecule has 0 bridgehead atoms. The molecule has 2 aromatic carbocycles. The van der Waals surface area contributed by atoms with Gasteiger partial charge in [-0.05, 0) is 43.8 Å². The zero-order chi connectivity index (χ0) is 18.6. The van der Waals surface area contributed by atoms with Gasteiger partial charge in [0.1, 0.15) is 0 Å². The molecule has 0 fully saturated rings. The highest BCUT2D eigenvalue weighted by Gasteiger charge is 2.33. The molecule has 2 aromatic rings. The van der Waals surface area contributed by atoms with Crippen molar-refractivity contribution in [3.63, 3.8) is 0 Å². The highest BCUT2D eigenvalue weighted by molar-refractivity contribution is 6.30. The molecule has 3 nitrogen and oxygen atoms in total. The van der Waals surface area contributed by atoms with Gasteiger partial charge in [-0.15, -0.1) is 0 Å². The van der Waals surface area contributed by atoms with Crippen LogP contribution >= 0.6 is 11.6 Å². The molecule has 0 spiro atoms. The minimum atomic E-state index is -4.52. The van der Waals surface area contributed by atoms with E-state index in [0.29, 0.717) is 5.02 Å².